The Kier molecular flexibility index (Phi) is 7.99. The van der Waals surface area contributed by atoms with Crippen LogP contribution in [0.25, 0.3) is 11.4 Å². The summed E-state index contributed by atoms with van der Waals surface area (Å²) in [5.41, 5.74) is 1.21. The fraction of sp³-hybridized carbons (Fsp3) is 0.500. The van der Waals surface area contributed by atoms with E-state index in [9.17, 15) is 0 Å². The SMILES string of the molecule is ClC(Cl)(Cl)c1ccc(-c2nc(NCCCN3CCCC3)nc(C(Cl)(Cl)Cl)n2)cc1. The van der Waals surface area contributed by atoms with Gasteiger partial charge in [0, 0.05) is 17.7 Å². The smallest absolute Gasteiger partial charge is 0.250 e. The molecule has 0 amide bonds. The molecule has 1 N–H and O–H groups in total. The first kappa shape index (κ1) is 23.4. The molecule has 1 aliphatic rings. The van der Waals surface area contributed by atoms with E-state index in [1.165, 1.54) is 12.8 Å². The molecule has 0 unspecified atom stereocenters. The highest BCUT2D eigenvalue weighted by molar-refractivity contribution is 6.67. The Labute approximate surface area is 200 Å². The van der Waals surface area contributed by atoms with Gasteiger partial charge in [0.25, 0.3) is 0 Å². The molecular formula is C18H19Cl6N5. The van der Waals surface area contributed by atoms with Crippen molar-refractivity contribution in [3.63, 3.8) is 0 Å². The van der Waals surface area contributed by atoms with E-state index in [-0.39, 0.29) is 5.82 Å². The van der Waals surface area contributed by atoms with Crippen LogP contribution in [0.5, 0.6) is 0 Å². The first-order valence-corrected chi connectivity index (χ1v) is 11.4. The minimum absolute atomic E-state index is 0.0417. The number of nitrogens with one attached hydrogen (secondary N) is 1. The van der Waals surface area contributed by atoms with E-state index < -0.39 is 7.59 Å². The molecule has 2 heterocycles. The molecule has 1 aromatic heterocycles. The molecular weight excluding hydrogens is 499 g/mol. The van der Waals surface area contributed by atoms with Crippen LogP contribution in [0.4, 0.5) is 5.95 Å². The standard InChI is InChI=1S/C18H19Cl6N5/c19-17(20,21)13-6-4-12(5-7-13)14-26-15(18(22,23)24)28-16(27-14)25-8-3-11-29-9-1-2-10-29/h4-7H,1-3,8-11H2,(H,25,26,27,28). The molecule has 0 bridgehead atoms. The maximum absolute atomic E-state index is 6.01. The minimum Gasteiger partial charge on any atom is -0.354 e. The van der Waals surface area contributed by atoms with E-state index in [0.717, 1.165) is 26.1 Å². The van der Waals surface area contributed by atoms with Crippen molar-refractivity contribution < 1.29 is 0 Å². The molecule has 0 radical (unpaired) electrons. The predicted octanol–water partition coefficient (Wildman–Crippen LogP) is 6.09. The molecule has 158 valence electrons. The lowest BCUT2D eigenvalue weighted by Crippen LogP contribution is -2.23. The quantitative estimate of drug-likeness (QED) is 0.371. The average Bonchev–Trinajstić information content (AvgIpc) is 3.17. The number of hydrogen-bond donors (Lipinski definition) is 1. The molecule has 3 rings (SSSR count). The van der Waals surface area contributed by atoms with Crippen molar-refractivity contribution in [2.24, 2.45) is 0 Å². The van der Waals surface area contributed by atoms with Crippen LogP contribution < -0.4 is 5.32 Å². The Hall–Kier alpha value is -0.270. The molecule has 0 atom stereocenters. The number of halogens is 6. The van der Waals surface area contributed by atoms with E-state index in [1.807, 2.05) is 0 Å². The molecule has 0 saturated carbocycles. The van der Waals surface area contributed by atoms with E-state index in [4.69, 9.17) is 69.6 Å². The third-order valence-corrected chi connectivity index (χ3v) is 5.65. The zero-order chi connectivity index (χ0) is 21.1. The number of alkyl halides is 6. The van der Waals surface area contributed by atoms with Gasteiger partial charge in [-0.05, 0) is 38.9 Å². The third kappa shape index (κ3) is 6.86. The summed E-state index contributed by atoms with van der Waals surface area (Å²) in [5.74, 6) is 0.752. The van der Waals surface area contributed by atoms with Crippen LogP contribution in [0.2, 0.25) is 0 Å². The highest BCUT2D eigenvalue weighted by Gasteiger charge is 2.29. The van der Waals surface area contributed by atoms with Crippen LogP contribution in [-0.4, -0.2) is 46.0 Å². The van der Waals surface area contributed by atoms with Crippen LogP contribution in [0.3, 0.4) is 0 Å². The second kappa shape index (κ2) is 9.90. The lowest BCUT2D eigenvalue weighted by atomic mass is 10.1. The molecule has 11 heteroatoms. The summed E-state index contributed by atoms with van der Waals surface area (Å²) in [7, 11) is 0. The Morgan fingerprint density at radius 1 is 0.862 bits per heavy atom. The summed E-state index contributed by atoms with van der Waals surface area (Å²) >= 11 is 35.8. The van der Waals surface area contributed by atoms with Gasteiger partial charge < -0.3 is 10.2 Å². The zero-order valence-electron chi connectivity index (χ0n) is 15.3. The maximum Gasteiger partial charge on any atom is 0.250 e. The van der Waals surface area contributed by atoms with Crippen molar-refractivity contribution in [3.8, 4) is 11.4 Å². The van der Waals surface area contributed by atoms with Crippen molar-refractivity contribution >= 4 is 75.6 Å². The Bertz CT molecular complexity index is 813. The van der Waals surface area contributed by atoms with Gasteiger partial charge in [0.2, 0.25) is 13.5 Å². The predicted molar refractivity (Wildman–Crippen MR) is 123 cm³/mol. The number of anilines is 1. The molecule has 0 spiro atoms. The second-order valence-corrected chi connectivity index (χ2v) is 11.3. The Morgan fingerprint density at radius 3 is 2.10 bits per heavy atom. The highest BCUT2D eigenvalue weighted by atomic mass is 35.6. The van der Waals surface area contributed by atoms with E-state index in [1.54, 1.807) is 24.3 Å². The van der Waals surface area contributed by atoms with Crippen LogP contribution >= 0.6 is 69.6 Å². The van der Waals surface area contributed by atoms with Gasteiger partial charge in [-0.25, -0.2) is 4.98 Å². The second-order valence-electron chi connectivity index (χ2n) is 6.71. The molecule has 5 nitrogen and oxygen atoms in total. The molecule has 1 aliphatic heterocycles. The topological polar surface area (TPSA) is 53.9 Å². The van der Waals surface area contributed by atoms with Gasteiger partial charge in [-0.15, -0.1) is 0 Å². The summed E-state index contributed by atoms with van der Waals surface area (Å²) in [6.07, 6.45) is 3.50. The number of nitrogens with zero attached hydrogens (tertiary/aromatic N) is 4. The molecule has 1 aromatic carbocycles. The largest absolute Gasteiger partial charge is 0.354 e. The Balaban J connectivity index is 1.76. The number of benzene rings is 1. The monoisotopic (exact) mass is 515 g/mol. The molecule has 29 heavy (non-hydrogen) atoms. The fourth-order valence-electron chi connectivity index (χ4n) is 3.03. The number of likely N-dealkylation sites (tertiary alicyclic amines) is 1. The summed E-state index contributed by atoms with van der Waals surface area (Å²) < 4.78 is -3.29. The maximum atomic E-state index is 6.01. The number of hydrogen-bond acceptors (Lipinski definition) is 5. The third-order valence-electron chi connectivity index (χ3n) is 4.49. The van der Waals surface area contributed by atoms with Crippen LogP contribution in [0.15, 0.2) is 24.3 Å². The van der Waals surface area contributed by atoms with Crippen molar-refractivity contribution in [2.45, 2.75) is 26.8 Å². The summed E-state index contributed by atoms with van der Waals surface area (Å²) in [6, 6.07) is 6.85. The normalized spacial score (nSPS) is 15.7. The molecule has 1 fully saturated rings. The molecule has 2 aromatic rings. The van der Waals surface area contributed by atoms with Gasteiger partial charge in [0.1, 0.15) is 0 Å². The fourth-order valence-corrected chi connectivity index (χ4v) is 3.66. The number of rotatable bonds is 6. The van der Waals surface area contributed by atoms with Gasteiger partial charge in [0.05, 0.1) is 0 Å². The summed E-state index contributed by atoms with van der Waals surface area (Å²) in [6.45, 7) is 4.06. The number of aromatic nitrogens is 3. The van der Waals surface area contributed by atoms with Gasteiger partial charge in [-0.3, -0.25) is 0 Å². The average molecular weight is 518 g/mol. The summed E-state index contributed by atoms with van der Waals surface area (Å²) in [5, 5.41) is 3.20. The lowest BCUT2D eigenvalue weighted by molar-refractivity contribution is 0.337. The van der Waals surface area contributed by atoms with Gasteiger partial charge >= 0.3 is 0 Å². The van der Waals surface area contributed by atoms with Crippen molar-refractivity contribution in [3.05, 3.63) is 35.7 Å². The van der Waals surface area contributed by atoms with Crippen molar-refractivity contribution in [1.29, 1.82) is 0 Å². The van der Waals surface area contributed by atoms with Crippen molar-refractivity contribution in [1.82, 2.24) is 19.9 Å². The molecule has 0 aliphatic carbocycles. The zero-order valence-corrected chi connectivity index (χ0v) is 19.9. The van der Waals surface area contributed by atoms with E-state index in [2.05, 4.69) is 25.2 Å². The van der Waals surface area contributed by atoms with Gasteiger partial charge in [-0.1, -0.05) is 93.9 Å². The minimum atomic E-state index is -1.78. The first-order valence-electron chi connectivity index (χ1n) is 9.10. The van der Waals surface area contributed by atoms with Crippen LogP contribution in [-0.2, 0) is 7.59 Å². The van der Waals surface area contributed by atoms with Crippen LogP contribution in [0, 0.1) is 0 Å². The van der Waals surface area contributed by atoms with E-state index in [0.29, 0.717) is 29.4 Å². The lowest BCUT2D eigenvalue weighted by Gasteiger charge is -2.16. The van der Waals surface area contributed by atoms with E-state index >= 15 is 0 Å². The highest BCUT2D eigenvalue weighted by Crippen LogP contribution is 2.39. The van der Waals surface area contributed by atoms with Crippen molar-refractivity contribution in [2.75, 3.05) is 31.5 Å². The van der Waals surface area contributed by atoms with Crippen LogP contribution in [0.1, 0.15) is 30.7 Å². The van der Waals surface area contributed by atoms with Gasteiger partial charge in [-0.2, -0.15) is 9.97 Å². The summed E-state index contributed by atoms with van der Waals surface area (Å²) in [4.78, 5) is 15.4. The first-order chi connectivity index (χ1) is 13.6. The molecule has 1 saturated heterocycles. The van der Waals surface area contributed by atoms with Gasteiger partial charge in [0.15, 0.2) is 11.6 Å². The Morgan fingerprint density at radius 2 is 1.52 bits per heavy atom.